The maximum absolute atomic E-state index is 14.8. The van der Waals surface area contributed by atoms with Crippen molar-refractivity contribution >= 4 is 0 Å². The molecule has 1 fully saturated rings. The van der Waals surface area contributed by atoms with Crippen molar-refractivity contribution < 1.29 is 22.6 Å². The van der Waals surface area contributed by atoms with E-state index < -0.39 is 11.6 Å². The van der Waals surface area contributed by atoms with Gasteiger partial charge >= 0.3 is 0 Å². The Kier molecular flexibility index (Phi) is 7.61. The van der Waals surface area contributed by atoms with E-state index in [-0.39, 0.29) is 24.1 Å². The van der Waals surface area contributed by atoms with E-state index in [4.69, 9.17) is 9.47 Å². The minimum atomic E-state index is -0.948. The zero-order chi connectivity index (χ0) is 24.1. The Balaban J connectivity index is 1.41. The lowest BCUT2D eigenvalue weighted by molar-refractivity contribution is 0.282. The molecule has 0 aliphatic heterocycles. The van der Waals surface area contributed by atoms with Gasteiger partial charge in [0.15, 0.2) is 11.6 Å². The normalized spacial score (nSPS) is 17.9. The topological polar surface area (TPSA) is 18.5 Å². The van der Waals surface area contributed by atoms with Gasteiger partial charge in [-0.1, -0.05) is 36.4 Å². The van der Waals surface area contributed by atoms with Crippen LogP contribution in [0, 0.1) is 23.4 Å². The molecule has 0 amide bonds. The van der Waals surface area contributed by atoms with Gasteiger partial charge in [0.2, 0.25) is 5.82 Å². The molecule has 0 unspecified atom stereocenters. The van der Waals surface area contributed by atoms with E-state index in [0.717, 1.165) is 31.2 Å². The van der Waals surface area contributed by atoms with Crippen LogP contribution in [0.5, 0.6) is 11.5 Å². The van der Waals surface area contributed by atoms with Crippen LogP contribution in [0.15, 0.2) is 67.3 Å². The molecule has 0 radical (unpaired) electrons. The lowest BCUT2D eigenvalue weighted by Crippen LogP contribution is -2.13. The lowest BCUT2D eigenvalue weighted by atomic mass is 9.78. The summed E-state index contributed by atoms with van der Waals surface area (Å²) < 4.78 is 54.8. The van der Waals surface area contributed by atoms with E-state index in [1.54, 1.807) is 42.5 Å². The number of rotatable bonds is 8. The second kappa shape index (κ2) is 10.8. The standard InChI is InChI=1S/C29H29F3O2/c1-3-19-5-9-22(10-6-19)25-15-16-27(29(32)28(25)31)34-18-20-7-11-21(12-8-20)24-14-13-23(33-4-2)17-26(24)30/h3,7-8,11-17,19,22H,1,4-6,9-10,18H2,2H3. The predicted octanol–water partition coefficient (Wildman–Crippen LogP) is 8.21. The summed E-state index contributed by atoms with van der Waals surface area (Å²) >= 11 is 0. The van der Waals surface area contributed by atoms with Gasteiger partial charge in [0, 0.05) is 11.6 Å². The lowest BCUT2D eigenvalue weighted by Gasteiger charge is -2.27. The molecule has 1 aliphatic carbocycles. The second-order valence-corrected chi connectivity index (χ2v) is 8.69. The average molecular weight is 467 g/mol. The number of ether oxygens (including phenoxy) is 2. The minimum absolute atomic E-state index is 0.0234. The van der Waals surface area contributed by atoms with Crippen LogP contribution in [0.1, 0.15) is 49.7 Å². The van der Waals surface area contributed by atoms with Gasteiger partial charge in [-0.05, 0) is 79.3 Å². The SMILES string of the molecule is C=CC1CCC(c2ccc(OCc3ccc(-c4ccc(OCC)cc4F)cc3)c(F)c2F)CC1. The molecule has 34 heavy (non-hydrogen) atoms. The third-order valence-corrected chi connectivity index (χ3v) is 6.53. The quantitative estimate of drug-likeness (QED) is 0.312. The van der Waals surface area contributed by atoms with Gasteiger partial charge in [-0.15, -0.1) is 6.58 Å². The fourth-order valence-electron chi connectivity index (χ4n) is 4.57. The third kappa shape index (κ3) is 5.30. The molecule has 0 atom stereocenters. The molecule has 3 aromatic rings. The van der Waals surface area contributed by atoms with Gasteiger partial charge in [-0.25, -0.2) is 8.78 Å². The third-order valence-electron chi connectivity index (χ3n) is 6.53. The molecule has 0 N–H and O–H groups in total. The van der Waals surface area contributed by atoms with E-state index in [0.29, 0.717) is 35.0 Å². The van der Waals surface area contributed by atoms with Crippen LogP contribution in [0.2, 0.25) is 0 Å². The Morgan fingerprint density at radius 3 is 2.26 bits per heavy atom. The van der Waals surface area contributed by atoms with Gasteiger partial charge in [-0.2, -0.15) is 4.39 Å². The Morgan fingerprint density at radius 1 is 0.882 bits per heavy atom. The summed E-state index contributed by atoms with van der Waals surface area (Å²) in [6, 6.07) is 15.0. The van der Waals surface area contributed by atoms with Crippen LogP contribution < -0.4 is 9.47 Å². The van der Waals surface area contributed by atoms with Crippen molar-refractivity contribution in [2.24, 2.45) is 5.92 Å². The summed E-state index contributed by atoms with van der Waals surface area (Å²) in [5, 5.41) is 0. The molecular formula is C29H29F3O2. The summed E-state index contributed by atoms with van der Waals surface area (Å²) in [5.41, 5.74) is 2.36. The largest absolute Gasteiger partial charge is 0.494 e. The van der Waals surface area contributed by atoms with Gasteiger partial charge in [-0.3, -0.25) is 0 Å². The summed E-state index contributed by atoms with van der Waals surface area (Å²) in [5.74, 6) is -1.27. The van der Waals surface area contributed by atoms with E-state index in [9.17, 15) is 13.2 Å². The zero-order valence-corrected chi connectivity index (χ0v) is 19.3. The maximum atomic E-state index is 14.8. The highest BCUT2D eigenvalue weighted by Crippen LogP contribution is 2.39. The first kappa shape index (κ1) is 23.9. The van der Waals surface area contributed by atoms with Crippen molar-refractivity contribution in [2.75, 3.05) is 6.61 Å². The number of benzene rings is 3. The summed E-state index contributed by atoms with van der Waals surface area (Å²) in [6.07, 6.45) is 5.50. The Hall–Kier alpha value is -3.21. The molecule has 0 heterocycles. The Labute approximate surface area is 199 Å². The highest BCUT2D eigenvalue weighted by molar-refractivity contribution is 5.65. The van der Waals surface area contributed by atoms with Crippen molar-refractivity contribution in [3.05, 3.63) is 95.8 Å². The summed E-state index contributed by atoms with van der Waals surface area (Å²) in [4.78, 5) is 0. The molecule has 3 aromatic carbocycles. The van der Waals surface area contributed by atoms with Crippen LogP contribution in [-0.2, 0) is 6.61 Å². The number of hydrogen-bond donors (Lipinski definition) is 0. The van der Waals surface area contributed by atoms with Crippen LogP contribution in [-0.4, -0.2) is 6.61 Å². The van der Waals surface area contributed by atoms with Crippen LogP contribution >= 0.6 is 0 Å². The number of halogens is 3. The fourth-order valence-corrected chi connectivity index (χ4v) is 4.57. The van der Waals surface area contributed by atoms with E-state index in [1.165, 1.54) is 12.1 Å². The highest BCUT2D eigenvalue weighted by atomic mass is 19.2. The second-order valence-electron chi connectivity index (χ2n) is 8.69. The Bertz CT molecular complexity index is 1130. The van der Waals surface area contributed by atoms with Gasteiger partial charge in [0.05, 0.1) is 6.61 Å². The first-order chi connectivity index (χ1) is 16.5. The summed E-state index contributed by atoms with van der Waals surface area (Å²) in [6.45, 7) is 6.22. The van der Waals surface area contributed by atoms with Crippen molar-refractivity contribution in [2.45, 2.75) is 45.1 Å². The van der Waals surface area contributed by atoms with E-state index in [2.05, 4.69) is 6.58 Å². The minimum Gasteiger partial charge on any atom is -0.494 e. The molecule has 4 rings (SSSR count). The van der Waals surface area contributed by atoms with Gasteiger partial charge in [0.25, 0.3) is 0 Å². The molecule has 1 saturated carbocycles. The maximum Gasteiger partial charge on any atom is 0.200 e. The molecule has 5 heteroatoms. The fraction of sp³-hybridized carbons (Fsp3) is 0.310. The van der Waals surface area contributed by atoms with E-state index >= 15 is 0 Å². The van der Waals surface area contributed by atoms with Crippen molar-refractivity contribution in [1.29, 1.82) is 0 Å². The van der Waals surface area contributed by atoms with Crippen molar-refractivity contribution in [1.82, 2.24) is 0 Å². The number of hydrogen-bond acceptors (Lipinski definition) is 2. The molecule has 0 spiro atoms. The first-order valence-corrected chi connectivity index (χ1v) is 11.7. The average Bonchev–Trinajstić information content (AvgIpc) is 2.86. The highest BCUT2D eigenvalue weighted by Gasteiger charge is 2.25. The van der Waals surface area contributed by atoms with Gasteiger partial charge < -0.3 is 9.47 Å². The zero-order valence-electron chi connectivity index (χ0n) is 19.3. The molecule has 0 aromatic heterocycles. The molecule has 1 aliphatic rings. The molecule has 0 saturated heterocycles. The van der Waals surface area contributed by atoms with Gasteiger partial charge in [0.1, 0.15) is 18.2 Å². The van der Waals surface area contributed by atoms with Crippen LogP contribution in [0.25, 0.3) is 11.1 Å². The number of allylic oxidation sites excluding steroid dienone is 1. The molecular weight excluding hydrogens is 437 g/mol. The van der Waals surface area contributed by atoms with E-state index in [1.807, 2.05) is 13.0 Å². The Morgan fingerprint density at radius 2 is 1.62 bits per heavy atom. The monoisotopic (exact) mass is 466 g/mol. The van der Waals surface area contributed by atoms with Crippen molar-refractivity contribution in [3.63, 3.8) is 0 Å². The molecule has 0 bridgehead atoms. The predicted molar refractivity (Wildman–Crippen MR) is 129 cm³/mol. The summed E-state index contributed by atoms with van der Waals surface area (Å²) in [7, 11) is 0. The smallest absolute Gasteiger partial charge is 0.200 e. The van der Waals surface area contributed by atoms with Crippen molar-refractivity contribution in [3.8, 4) is 22.6 Å². The van der Waals surface area contributed by atoms with Crippen LogP contribution in [0.3, 0.4) is 0 Å². The first-order valence-electron chi connectivity index (χ1n) is 11.7. The molecule has 2 nitrogen and oxygen atoms in total. The molecule has 178 valence electrons. The van der Waals surface area contributed by atoms with Crippen LogP contribution in [0.4, 0.5) is 13.2 Å².